The van der Waals surface area contributed by atoms with Gasteiger partial charge in [0.1, 0.15) is 5.82 Å². The lowest BCUT2D eigenvalue weighted by Crippen LogP contribution is -2.37. The minimum atomic E-state index is 0.786. The van der Waals surface area contributed by atoms with Gasteiger partial charge in [-0.2, -0.15) is 0 Å². The molecule has 0 amide bonds. The fourth-order valence-corrected chi connectivity index (χ4v) is 2.85. The van der Waals surface area contributed by atoms with Crippen molar-refractivity contribution in [2.45, 2.75) is 5.16 Å². The van der Waals surface area contributed by atoms with Crippen LogP contribution in [0.1, 0.15) is 0 Å². The highest BCUT2D eigenvalue weighted by Crippen LogP contribution is 2.27. The van der Waals surface area contributed by atoms with Crippen LogP contribution in [-0.4, -0.2) is 42.1 Å². The number of imidazole rings is 1. The first kappa shape index (κ1) is 12.6. The summed E-state index contributed by atoms with van der Waals surface area (Å²) in [5.74, 6) is 1.15. The zero-order chi connectivity index (χ0) is 13.1. The summed E-state index contributed by atoms with van der Waals surface area (Å²) in [7, 11) is 0. The van der Waals surface area contributed by atoms with Gasteiger partial charge in [0.2, 0.25) is 0 Å². The van der Waals surface area contributed by atoms with Crippen molar-refractivity contribution in [2.24, 2.45) is 0 Å². The molecule has 1 aliphatic rings. The summed E-state index contributed by atoms with van der Waals surface area (Å²) in [5.41, 5.74) is 1.16. The standard InChI is InChI=1S/C14H17N3OS/c1-19-14-15-11-13(16-7-9-18-10-8-16)17(14)12-5-3-2-4-6-12/h2-6,11H,7-10H2,1H3. The molecule has 0 unspecified atom stereocenters. The van der Waals surface area contributed by atoms with Gasteiger partial charge >= 0.3 is 0 Å². The molecule has 0 aliphatic carbocycles. The van der Waals surface area contributed by atoms with Crippen LogP contribution in [0.15, 0.2) is 41.7 Å². The monoisotopic (exact) mass is 275 g/mol. The van der Waals surface area contributed by atoms with Crippen molar-refractivity contribution in [2.75, 3.05) is 37.5 Å². The number of morpholine rings is 1. The first-order chi connectivity index (χ1) is 9.40. The van der Waals surface area contributed by atoms with Crippen molar-refractivity contribution in [1.82, 2.24) is 9.55 Å². The van der Waals surface area contributed by atoms with Crippen LogP contribution < -0.4 is 4.90 Å². The molecule has 0 atom stereocenters. The number of thioether (sulfide) groups is 1. The first-order valence-electron chi connectivity index (χ1n) is 6.40. The third-order valence-corrected chi connectivity index (χ3v) is 3.90. The normalized spacial score (nSPS) is 15.7. The van der Waals surface area contributed by atoms with Crippen LogP contribution in [0.25, 0.3) is 5.69 Å². The summed E-state index contributed by atoms with van der Waals surface area (Å²) in [6.45, 7) is 3.42. The average Bonchev–Trinajstić information content (AvgIpc) is 2.93. The summed E-state index contributed by atoms with van der Waals surface area (Å²) in [6, 6.07) is 10.4. The predicted molar refractivity (Wildman–Crippen MR) is 78.4 cm³/mol. The molecule has 3 rings (SSSR count). The second-order valence-corrected chi connectivity index (χ2v) is 5.15. The van der Waals surface area contributed by atoms with Gasteiger partial charge in [0.05, 0.1) is 19.4 Å². The number of ether oxygens (including phenoxy) is 1. The minimum Gasteiger partial charge on any atom is -0.378 e. The number of rotatable bonds is 3. The van der Waals surface area contributed by atoms with Crippen LogP contribution in [0, 0.1) is 0 Å². The van der Waals surface area contributed by atoms with Crippen LogP contribution in [0.3, 0.4) is 0 Å². The van der Waals surface area contributed by atoms with E-state index in [4.69, 9.17) is 4.74 Å². The third kappa shape index (κ3) is 2.48. The lowest BCUT2D eigenvalue weighted by molar-refractivity contribution is 0.122. The molecule has 2 heterocycles. The lowest BCUT2D eigenvalue weighted by atomic mass is 10.3. The van der Waals surface area contributed by atoms with Gasteiger partial charge in [-0.25, -0.2) is 4.98 Å². The van der Waals surface area contributed by atoms with E-state index >= 15 is 0 Å². The molecule has 1 saturated heterocycles. The smallest absolute Gasteiger partial charge is 0.174 e. The number of benzene rings is 1. The van der Waals surface area contributed by atoms with Crippen LogP contribution >= 0.6 is 11.8 Å². The summed E-state index contributed by atoms with van der Waals surface area (Å²) in [5, 5.41) is 1.02. The van der Waals surface area contributed by atoms with E-state index < -0.39 is 0 Å². The summed E-state index contributed by atoms with van der Waals surface area (Å²) in [4.78, 5) is 6.87. The summed E-state index contributed by atoms with van der Waals surface area (Å²) >= 11 is 1.67. The Balaban J connectivity index is 2.03. The molecule has 0 spiro atoms. The van der Waals surface area contributed by atoms with E-state index in [2.05, 4.69) is 45.0 Å². The Morgan fingerprint density at radius 1 is 1.16 bits per heavy atom. The molecular formula is C14H17N3OS. The Bertz CT molecular complexity index is 535. The zero-order valence-corrected chi connectivity index (χ0v) is 11.8. The first-order valence-corrected chi connectivity index (χ1v) is 7.62. The van der Waals surface area contributed by atoms with E-state index in [0.717, 1.165) is 43.0 Å². The van der Waals surface area contributed by atoms with Crippen LogP contribution in [0.5, 0.6) is 0 Å². The number of para-hydroxylation sites is 1. The van der Waals surface area contributed by atoms with Crippen LogP contribution in [0.2, 0.25) is 0 Å². The van der Waals surface area contributed by atoms with Gasteiger partial charge < -0.3 is 9.64 Å². The molecule has 0 N–H and O–H groups in total. The van der Waals surface area contributed by atoms with Gasteiger partial charge in [0.15, 0.2) is 5.16 Å². The van der Waals surface area contributed by atoms with E-state index in [9.17, 15) is 0 Å². The largest absolute Gasteiger partial charge is 0.378 e. The molecule has 0 saturated carbocycles. The van der Waals surface area contributed by atoms with Gasteiger partial charge in [-0.1, -0.05) is 30.0 Å². The number of hydrogen-bond donors (Lipinski definition) is 0. The van der Waals surface area contributed by atoms with Gasteiger partial charge in [-0.3, -0.25) is 4.57 Å². The molecule has 0 bridgehead atoms. The van der Waals surface area contributed by atoms with Crippen molar-refractivity contribution >= 4 is 17.6 Å². The van der Waals surface area contributed by atoms with Crippen molar-refractivity contribution in [3.8, 4) is 5.69 Å². The molecule has 5 heteroatoms. The maximum Gasteiger partial charge on any atom is 0.174 e. The predicted octanol–water partition coefficient (Wildman–Crippen LogP) is 2.43. The average molecular weight is 275 g/mol. The Labute approximate surface area is 117 Å². The SMILES string of the molecule is CSc1ncc(N2CCOCC2)n1-c1ccccc1. The topological polar surface area (TPSA) is 30.3 Å². The van der Waals surface area contributed by atoms with E-state index in [1.54, 1.807) is 11.8 Å². The quantitative estimate of drug-likeness (QED) is 0.805. The fraction of sp³-hybridized carbons (Fsp3) is 0.357. The van der Waals surface area contributed by atoms with Crippen molar-refractivity contribution in [3.63, 3.8) is 0 Å². The van der Waals surface area contributed by atoms with Crippen molar-refractivity contribution in [3.05, 3.63) is 36.5 Å². The zero-order valence-electron chi connectivity index (χ0n) is 11.0. The van der Waals surface area contributed by atoms with Gasteiger partial charge in [0, 0.05) is 18.8 Å². The molecular weight excluding hydrogens is 258 g/mol. The van der Waals surface area contributed by atoms with Crippen LogP contribution in [-0.2, 0) is 4.74 Å². The number of aromatic nitrogens is 2. The lowest BCUT2D eigenvalue weighted by Gasteiger charge is -2.29. The van der Waals surface area contributed by atoms with Crippen molar-refractivity contribution in [1.29, 1.82) is 0 Å². The van der Waals surface area contributed by atoms with E-state index in [1.165, 1.54) is 0 Å². The maximum absolute atomic E-state index is 5.42. The van der Waals surface area contributed by atoms with E-state index in [-0.39, 0.29) is 0 Å². The van der Waals surface area contributed by atoms with E-state index in [1.807, 2.05) is 12.3 Å². The Morgan fingerprint density at radius 2 is 1.89 bits per heavy atom. The summed E-state index contributed by atoms with van der Waals surface area (Å²) in [6.07, 6.45) is 4.02. The molecule has 1 aromatic carbocycles. The van der Waals surface area contributed by atoms with Crippen LogP contribution in [0.4, 0.5) is 5.82 Å². The second kappa shape index (κ2) is 5.67. The fourth-order valence-electron chi connectivity index (χ4n) is 2.31. The number of hydrogen-bond acceptors (Lipinski definition) is 4. The molecule has 1 fully saturated rings. The third-order valence-electron chi connectivity index (χ3n) is 3.24. The van der Waals surface area contributed by atoms with Gasteiger partial charge in [-0.15, -0.1) is 0 Å². The summed E-state index contributed by atoms with van der Waals surface area (Å²) < 4.78 is 7.64. The molecule has 100 valence electrons. The maximum atomic E-state index is 5.42. The highest BCUT2D eigenvalue weighted by Gasteiger charge is 2.18. The van der Waals surface area contributed by atoms with Crippen molar-refractivity contribution < 1.29 is 4.74 Å². The molecule has 1 aromatic heterocycles. The van der Waals surface area contributed by atoms with Gasteiger partial charge in [0.25, 0.3) is 0 Å². The molecule has 4 nitrogen and oxygen atoms in total. The molecule has 1 aliphatic heterocycles. The second-order valence-electron chi connectivity index (χ2n) is 4.37. The molecule has 19 heavy (non-hydrogen) atoms. The molecule has 2 aromatic rings. The Hall–Kier alpha value is -1.46. The molecule has 0 radical (unpaired) electrons. The Kier molecular flexibility index (Phi) is 3.75. The number of nitrogens with zero attached hydrogens (tertiary/aromatic N) is 3. The van der Waals surface area contributed by atoms with E-state index in [0.29, 0.717) is 0 Å². The van der Waals surface area contributed by atoms with Gasteiger partial charge in [-0.05, 0) is 18.4 Å². The highest BCUT2D eigenvalue weighted by atomic mass is 32.2. The highest BCUT2D eigenvalue weighted by molar-refractivity contribution is 7.98. The Morgan fingerprint density at radius 3 is 2.58 bits per heavy atom. The minimum absolute atomic E-state index is 0.786. The number of anilines is 1.